The fourth-order valence-electron chi connectivity index (χ4n) is 2.27. The Morgan fingerprint density at radius 2 is 2.22 bits per heavy atom. The Morgan fingerprint density at radius 3 is 3.00 bits per heavy atom. The van der Waals surface area contributed by atoms with Gasteiger partial charge in [0.1, 0.15) is 5.75 Å². The van der Waals surface area contributed by atoms with Gasteiger partial charge in [0.15, 0.2) is 4.34 Å². The zero-order valence-electron chi connectivity index (χ0n) is 14.8. The number of hydrogen-bond acceptors (Lipinski definition) is 6. The van der Waals surface area contributed by atoms with Crippen LogP contribution in [0.15, 0.2) is 56.4 Å². The zero-order chi connectivity index (χ0) is 19.2. The van der Waals surface area contributed by atoms with Crippen molar-refractivity contribution < 1.29 is 9.53 Å². The summed E-state index contributed by atoms with van der Waals surface area (Å²) in [5, 5.41) is 3.77. The van der Waals surface area contributed by atoms with Gasteiger partial charge < -0.3 is 4.74 Å². The van der Waals surface area contributed by atoms with Crippen LogP contribution in [0.1, 0.15) is 19.4 Å². The summed E-state index contributed by atoms with van der Waals surface area (Å²) >= 11 is 6.44. The highest BCUT2D eigenvalue weighted by Gasteiger charge is 2.16. The number of carbonyl (C=O) groups excluding carboxylic acids is 1. The minimum atomic E-state index is -0.309. The smallest absolute Gasteiger partial charge is 0.253 e. The number of hydrogen-bond donors (Lipinski definition) is 1. The SMILES string of the molecule is CCOc1ccc(Br)cc1/C=N\NC(=O)[C@@H](C)Sc1nc2ccccc2s1. The van der Waals surface area contributed by atoms with Crippen LogP contribution in [0.4, 0.5) is 0 Å². The fourth-order valence-corrected chi connectivity index (χ4v) is 4.85. The number of aromatic nitrogens is 1. The van der Waals surface area contributed by atoms with Gasteiger partial charge >= 0.3 is 0 Å². The number of rotatable bonds is 7. The number of ether oxygens (including phenoxy) is 1. The third kappa shape index (κ3) is 5.31. The standard InChI is InChI=1S/C19H18BrN3O2S2/c1-3-25-16-9-8-14(20)10-13(16)11-21-23-18(24)12(2)26-19-22-15-6-4-5-7-17(15)27-19/h4-12H,3H2,1-2H3,(H,23,24)/b21-11-/t12-/m1/s1. The third-order valence-electron chi connectivity index (χ3n) is 3.57. The first-order valence-corrected chi connectivity index (χ1v) is 10.8. The average molecular weight is 464 g/mol. The average Bonchev–Trinajstić information content (AvgIpc) is 3.06. The summed E-state index contributed by atoms with van der Waals surface area (Å²) in [4.78, 5) is 16.9. The van der Waals surface area contributed by atoms with Gasteiger partial charge in [-0.1, -0.05) is 39.8 Å². The second-order valence-corrected chi connectivity index (χ2v) is 9.09. The minimum Gasteiger partial charge on any atom is -0.493 e. The Hall–Kier alpha value is -1.90. The largest absolute Gasteiger partial charge is 0.493 e. The molecule has 0 unspecified atom stereocenters. The van der Waals surface area contributed by atoms with E-state index < -0.39 is 0 Å². The number of hydrazone groups is 1. The van der Waals surface area contributed by atoms with Gasteiger partial charge in [-0.3, -0.25) is 4.79 Å². The van der Waals surface area contributed by atoms with Gasteiger partial charge in [-0.25, -0.2) is 10.4 Å². The highest BCUT2D eigenvalue weighted by Crippen LogP contribution is 2.31. The van der Waals surface area contributed by atoms with Gasteiger partial charge in [-0.2, -0.15) is 5.10 Å². The van der Waals surface area contributed by atoms with Gasteiger partial charge in [0.25, 0.3) is 5.91 Å². The molecule has 1 atom stereocenters. The predicted molar refractivity (Wildman–Crippen MR) is 116 cm³/mol. The van der Waals surface area contributed by atoms with Crippen molar-refractivity contribution >= 4 is 61.4 Å². The molecule has 0 radical (unpaired) electrons. The summed E-state index contributed by atoms with van der Waals surface area (Å²) in [7, 11) is 0. The molecule has 8 heteroatoms. The molecule has 1 aromatic heterocycles. The zero-order valence-corrected chi connectivity index (χ0v) is 18.0. The predicted octanol–water partition coefficient (Wildman–Crippen LogP) is 5.09. The Labute approximate surface area is 174 Å². The highest BCUT2D eigenvalue weighted by molar-refractivity contribution is 9.10. The number of carbonyl (C=O) groups is 1. The molecule has 1 N–H and O–H groups in total. The van der Waals surface area contributed by atoms with E-state index in [1.54, 1.807) is 17.6 Å². The summed E-state index contributed by atoms with van der Waals surface area (Å²) in [5.74, 6) is 0.541. The van der Waals surface area contributed by atoms with E-state index in [2.05, 4.69) is 31.4 Å². The summed E-state index contributed by atoms with van der Waals surface area (Å²) < 4.78 is 8.47. The first-order valence-electron chi connectivity index (χ1n) is 8.34. The van der Waals surface area contributed by atoms with Crippen molar-refractivity contribution in [3.05, 3.63) is 52.5 Å². The summed E-state index contributed by atoms with van der Waals surface area (Å²) in [6.07, 6.45) is 1.59. The number of amides is 1. The first kappa shape index (κ1) is 19.9. The van der Waals surface area contributed by atoms with E-state index in [1.807, 2.05) is 56.3 Å². The van der Waals surface area contributed by atoms with Crippen LogP contribution in [0.5, 0.6) is 5.75 Å². The molecular weight excluding hydrogens is 446 g/mol. The molecule has 0 spiro atoms. The van der Waals surface area contributed by atoms with Crippen LogP contribution >= 0.6 is 39.0 Å². The molecule has 0 bridgehead atoms. The maximum Gasteiger partial charge on any atom is 0.253 e. The van der Waals surface area contributed by atoms with Crippen LogP contribution in [-0.4, -0.2) is 29.0 Å². The number of thiazole rings is 1. The van der Waals surface area contributed by atoms with Crippen molar-refractivity contribution in [2.75, 3.05) is 6.61 Å². The molecule has 140 valence electrons. The van der Waals surface area contributed by atoms with Crippen molar-refractivity contribution in [3.63, 3.8) is 0 Å². The summed E-state index contributed by atoms with van der Waals surface area (Å²) in [6.45, 7) is 4.32. The first-order chi connectivity index (χ1) is 13.1. The molecular formula is C19H18BrN3O2S2. The maximum atomic E-state index is 12.3. The maximum absolute atomic E-state index is 12.3. The van der Waals surface area contributed by atoms with Crippen molar-refractivity contribution in [2.24, 2.45) is 5.10 Å². The van der Waals surface area contributed by atoms with E-state index in [9.17, 15) is 4.79 Å². The second-order valence-electron chi connectivity index (χ2n) is 5.56. The number of thioether (sulfide) groups is 1. The van der Waals surface area contributed by atoms with Crippen LogP contribution < -0.4 is 10.2 Å². The molecule has 27 heavy (non-hydrogen) atoms. The fraction of sp³-hybridized carbons (Fsp3) is 0.211. The quantitative estimate of drug-likeness (QED) is 0.301. The van der Waals surface area contributed by atoms with Crippen LogP contribution in [0.25, 0.3) is 10.2 Å². The number of nitrogens with zero attached hydrogens (tertiary/aromatic N) is 2. The Balaban J connectivity index is 1.61. The van der Waals surface area contributed by atoms with Crippen LogP contribution in [-0.2, 0) is 4.79 Å². The van der Waals surface area contributed by atoms with Crippen molar-refractivity contribution in [1.29, 1.82) is 0 Å². The molecule has 1 heterocycles. The molecule has 0 saturated heterocycles. The number of para-hydroxylation sites is 1. The highest BCUT2D eigenvalue weighted by atomic mass is 79.9. The van der Waals surface area contributed by atoms with E-state index in [1.165, 1.54) is 11.8 Å². The molecule has 2 aromatic carbocycles. The number of nitrogens with one attached hydrogen (secondary N) is 1. The number of benzene rings is 2. The normalized spacial score (nSPS) is 12.4. The van der Waals surface area contributed by atoms with Crippen LogP contribution in [0.2, 0.25) is 0 Å². The third-order valence-corrected chi connectivity index (χ3v) is 6.29. The monoisotopic (exact) mass is 463 g/mol. The van der Waals surface area contributed by atoms with Gasteiger partial charge in [0, 0.05) is 10.0 Å². The van der Waals surface area contributed by atoms with E-state index in [0.717, 1.165) is 30.3 Å². The molecule has 0 aliphatic heterocycles. The lowest BCUT2D eigenvalue weighted by molar-refractivity contribution is -0.120. The molecule has 3 rings (SSSR count). The summed E-state index contributed by atoms with van der Waals surface area (Å²) in [5.41, 5.74) is 4.33. The van der Waals surface area contributed by atoms with E-state index in [0.29, 0.717) is 6.61 Å². The Bertz CT molecular complexity index is 941. The van der Waals surface area contributed by atoms with Gasteiger partial charge in [0.2, 0.25) is 0 Å². The van der Waals surface area contributed by atoms with Crippen molar-refractivity contribution in [3.8, 4) is 5.75 Å². The van der Waals surface area contributed by atoms with Gasteiger partial charge in [-0.05, 0) is 44.2 Å². The van der Waals surface area contributed by atoms with Crippen molar-refractivity contribution in [1.82, 2.24) is 10.4 Å². The van der Waals surface area contributed by atoms with Crippen LogP contribution in [0.3, 0.4) is 0 Å². The van der Waals surface area contributed by atoms with E-state index in [4.69, 9.17) is 4.74 Å². The van der Waals surface area contributed by atoms with E-state index in [-0.39, 0.29) is 11.2 Å². The molecule has 5 nitrogen and oxygen atoms in total. The molecule has 0 saturated carbocycles. The number of fused-ring (bicyclic) bond motifs is 1. The summed E-state index contributed by atoms with van der Waals surface area (Å²) in [6, 6.07) is 13.6. The molecule has 0 aliphatic carbocycles. The number of halogens is 1. The Morgan fingerprint density at radius 1 is 1.41 bits per heavy atom. The Kier molecular flexibility index (Phi) is 6.87. The van der Waals surface area contributed by atoms with Gasteiger partial charge in [0.05, 0.1) is 28.3 Å². The van der Waals surface area contributed by atoms with E-state index >= 15 is 0 Å². The lowest BCUT2D eigenvalue weighted by Crippen LogP contribution is -2.26. The van der Waals surface area contributed by atoms with Gasteiger partial charge in [-0.15, -0.1) is 11.3 Å². The molecule has 3 aromatic rings. The lowest BCUT2D eigenvalue weighted by atomic mass is 10.2. The minimum absolute atomic E-state index is 0.177. The molecule has 1 amide bonds. The van der Waals surface area contributed by atoms with Crippen molar-refractivity contribution in [2.45, 2.75) is 23.4 Å². The second kappa shape index (κ2) is 9.34. The molecule has 0 fully saturated rings. The topological polar surface area (TPSA) is 63.6 Å². The molecule has 0 aliphatic rings. The lowest BCUT2D eigenvalue weighted by Gasteiger charge is -2.08. The van der Waals surface area contributed by atoms with Crippen LogP contribution in [0, 0.1) is 0 Å².